The van der Waals surface area contributed by atoms with Gasteiger partial charge in [0.1, 0.15) is 6.61 Å². The Morgan fingerprint density at radius 2 is 0.820 bits per heavy atom. The highest BCUT2D eigenvalue weighted by atomic mass is 16.5. The summed E-state index contributed by atoms with van der Waals surface area (Å²) >= 11 is 0. The third kappa shape index (κ3) is 35.8. The van der Waals surface area contributed by atoms with Crippen molar-refractivity contribution in [3.8, 4) is 0 Å². The molecule has 0 fully saturated rings. The molecule has 0 aliphatic heterocycles. The van der Waals surface area contributed by atoms with Crippen LogP contribution in [0.4, 0.5) is 0 Å². The minimum absolute atomic E-state index is 0.0330. The van der Waals surface area contributed by atoms with Crippen LogP contribution in [0.2, 0.25) is 0 Å². The Bertz CT molecular complexity index is 1260. The Labute approximate surface area is 374 Å². The normalized spacial score (nSPS) is 11.9. The Morgan fingerprint density at radius 3 is 1.20 bits per heavy atom. The van der Waals surface area contributed by atoms with Crippen LogP contribution in [0.15, 0.2) is 66.8 Å². The van der Waals surface area contributed by atoms with E-state index in [1.54, 1.807) is 12.1 Å². The van der Waals surface area contributed by atoms with Gasteiger partial charge in [0.25, 0.3) is 0 Å². The van der Waals surface area contributed by atoms with E-state index in [1.807, 2.05) is 19.0 Å². The first-order chi connectivity index (χ1) is 29.9. The van der Waals surface area contributed by atoms with Gasteiger partial charge in [-0.1, -0.05) is 165 Å². The zero-order valence-corrected chi connectivity index (χ0v) is 39.6. The fraction of sp³-hybridized carbons (Fsp3) is 0.685. The van der Waals surface area contributed by atoms with Crippen LogP contribution in [0.1, 0.15) is 226 Å². The number of rotatable bonds is 41. The number of unbranched alkanes of at least 4 members (excludes halogenated alkanes) is 22. The Kier molecular flexibility index (Phi) is 38.2. The molecule has 0 aromatic heterocycles. The molecule has 0 bridgehead atoms. The maximum atomic E-state index is 13.1. The number of carbonyl (C=O) groups excluding carboxylic acids is 3. The van der Waals surface area contributed by atoms with Crippen LogP contribution in [0.5, 0.6) is 0 Å². The van der Waals surface area contributed by atoms with E-state index < -0.39 is 11.9 Å². The van der Waals surface area contributed by atoms with E-state index >= 15 is 0 Å². The quantitative estimate of drug-likeness (QED) is 0.0281. The highest BCUT2D eigenvalue weighted by Crippen LogP contribution is 2.17. The van der Waals surface area contributed by atoms with Gasteiger partial charge in [-0.3, -0.25) is 4.79 Å². The molecule has 0 atom stereocenters. The molecule has 0 radical (unpaired) electrons. The summed E-state index contributed by atoms with van der Waals surface area (Å²) in [6.45, 7) is 5.69. The lowest BCUT2D eigenvalue weighted by Crippen LogP contribution is -2.18. The van der Waals surface area contributed by atoms with Crippen molar-refractivity contribution in [2.45, 2.75) is 207 Å². The van der Waals surface area contributed by atoms with Crippen LogP contribution in [-0.2, 0) is 25.6 Å². The van der Waals surface area contributed by atoms with E-state index in [-0.39, 0.29) is 30.1 Å². The first-order valence-electron chi connectivity index (χ1n) is 24.8. The molecule has 61 heavy (non-hydrogen) atoms. The van der Waals surface area contributed by atoms with Crippen LogP contribution < -0.4 is 0 Å². The third-order valence-corrected chi connectivity index (χ3v) is 10.8. The fourth-order valence-electron chi connectivity index (χ4n) is 6.95. The maximum absolute atomic E-state index is 13.1. The Balaban J connectivity index is 2.35. The lowest BCUT2D eigenvalue weighted by atomic mass is 10.1. The largest absolute Gasteiger partial charge is 0.462 e. The van der Waals surface area contributed by atoms with Crippen LogP contribution >= 0.6 is 0 Å². The lowest BCUT2D eigenvalue weighted by Gasteiger charge is -2.12. The predicted molar refractivity (Wildman–Crippen MR) is 257 cm³/mol. The van der Waals surface area contributed by atoms with E-state index in [0.29, 0.717) is 25.3 Å². The number of carbonyl (C=O) groups is 3. The number of hydrogen-bond acceptors (Lipinski definition) is 7. The van der Waals surface area contributed by atoms with Gasteiger partial charge in [0.05, 0.1) is 30.8 Å². The molecule has 0 N–H and O–H groups in total. The van der Waals surface area contributed by atoms with Gasteiger partial charge in [0.15, 0.2) is 0 Å². The molecule has 1 rings (SSSR count). The highest BCUT2D eigenvalue weighted by Gasteiger charge is 2.16. The van der Waals surface area contributed by atoms with Crippen molar-refractivity contribution in [1.29, 1.82) is 0 Å². The zero-order chi connectivity index (χ0) is 44.3. The second-order valence-electron chi connectivity index (χ2n) is 17.0. The van der Waals surface area contributed by atoms with Gasteiger partial charge in [0, 0.05) is 6.54 Å². The average Bonchev–Trinajstić information content (AvgIpc) is 3.26. The smallest absolute Gasteiger partial charge is 0.338 e. The zero-order valence-electron chi connectivity index (χ0n) is 39.6. The second-order valence-corrected chi connectivity index (χ2v) is 17.0. The van der Waals surface area contributed by atoms with E-state index in [9.17, 15) is 14.4 Å². The Hall–Kier alpha value is -3.45. The molecule has 0 unspecified atom stereocenters. The predicted octanol–water partition coefficient (Wildman–Crippen LogP) is 15.2. The van der Waals surface area contributed by atoms with Gasteiger partial charge >= 0.3 is 17.9 Å². The summed E-state index contributed by atoms with van der Waals surface area (Å²) in [5, 5.41) is 0. The molecule has 0 spiro atoms. The van der Waals surface area contributed by atoms with Crippen LogP contribution in [-0.4, -0.2) is 56.7 Å². The first-order valence-corrected chi connectivity index (χ1v) is 24.8. The number of nitrogens with zero attached hydrogens (tertiary/aromatic N) is 1. The molecular weight excluding hydrogens is 759 g/mol. The van der Waals surface area contributed by atoms with Crippen molar-refractivity contribution in [2.24, 2.45) is 0 Å². The summed E-state index contributed by atoms with van der Waals surface area (Å²) in [5.41, 5.74) is 1.09. The first kappa shape index (κ1) is 55.6. The molecule has 0 amide bonds. The minimum Gasteiger partial charge on any atom is -0.462 e. The molecule has 7 heteroatoms. The summed E-state index contributed by atoms with van der Waals surface area (Å²) in [7, 11) is 3.80. The molecule has 0 saturated heterocycles. The molecular formula is C54H89NO6. The lowest BCUT2D eigenvalue weighted by molar-refractivity contribution is -0.145. The van der Waals surface area contributed by atoms with E-state index in [4.69, 9.17) is 14.2 Å². The van der Waals surface area contributed by atoms with Crippen molar-refractivity contribution >= 4 is 17.9 Å². The molecule has 1 aromatic rings. The van der Waals surface area contributed by atoms with Gasteiger partial charge in [0.2, 0.25) is 0 Å². The van der Waals surface area contributed by atoms with Crippen molar-refractivity contribution in [3.63, 3.8) is 0 Å². The number of allylic oxidation sites excluding steroid dienone is 8. The summed E-state index contributed by atoms with van der Waals surface area (Å²) < 4.78 is 16.7. The summed E-state index contributed by atoms with van der Waals surface area (Å²) in [6, 6.07) is 4.83. The van der Waals surface area contributed by atoms with E-state index in [2.05, 4.69) is 62.5 Å². The molecule has 0 aliphatic carbocycles. The summed E-state index contributed by atoms with van der Waals surface area (Å²) in [5.74, 6) is -1.30. The molecule has 1 aromatic carbocycles. The molecule has 0 heterocycles. The van der Waals surface area contributed by atoms with E-state index in [0.717, 1.165) is 51.4 Å². The second kappa shape index (κ2) is 41.9. The highest BCUT2D eigenvalue weighted by molar-refractivity contribution is 5.95. The minimum atomic E-state index is -0.482. The van der Waals surface area contributed by atoms with Crippen LogP contribution in [0.25, 0.3) is 0 Å². The van der Waals surface area contributed by atoms with Gasteiger partial charge in [-0.25, -0.2) is 9.59 Å². The van der Waals surface area contributed by atoms with Crippen LogP contribution in [0.3, 0.4) is 0 Å². The molecule has 346 valence electrons. The fourth-order valence-corrected chi connectivity index (χ4v) is 6.95. The molecule has 0 aliphatic rings. The van der Waals surface area contributed by atoms with Gasteiger partial charge < -0.3 is 19.1 Å². The van der Waals surface area contributed by atoms with Gasteiger partial charge in [-0.15, -0.1) is 0 Å². The average molecular weight is 848 g/mol. The number of benzene rings is 1. The van der Waals surface area contributed by atoms with Crippen molar-refractivity contribution in [2.75, 3.05) is 33.9 Å². The third-order valence-electron chi connectivity index (χ3n) is 10.8. The SMILES string of the molecule is CCCCC/C=C\C/C=C\CCCCCCCCCCOC(=O)c1cc(COC(=O)CCN(C)C)cc(C(=O)OCCCCCCCCCC/C=C\C/C=C\CCCCC)c1. The van der Waals surface area contributed by atoms with Crippen molar-refractivity contribution in [1.82, 2.24) is 4.90 Å². The topological polar surface area (TPSA) is 82.1 Å². The van der Waals surface area contributed by atoms with Gasteiger partial charge in [-0.2, -0.15) is 0 Å². The van der Waals surface area contributed by atoms with Crippen LogP contribution in [0, 0.1) is 0 Å². The summed E-state index contributed by atoms with van der Waals surface area (Å²) in [4.78, 5) is 40.5. The van der Waals surface area contributed by atoms with E-state index in [1.165, 1.54) is 134 Å². The van der Waals surface area contributed by atoms with Gasteiger partial charge in [-0.05, 0) is 115 Å². The standard InChI is InChI=1S/C54H89NO6/c1-5-7-9-11-13-15-17-19-21-23-25-27-29-31-33-35-37-39-43-59-53(57)50-45-49(48-61-52(56)41-42-55(3)4)46-51(47-50)54(58)60-44-40-38-36-34-32-30-28-26-24-22-20-18-16-14-12-10-8-6-2/h13-16,19-22,45-47H,5-12,17-18,23-44,48H2,1-4H3/b15-13-,16-14-,21-19-,22-20-. The number of esters is 3. The Morgan fingerprint density at radius 1 is 0.459 bits per heavy atom. The molecule has 0 saturated carbocycles. The summed E-state index contributed by atoms with van der Waals surface area (Å²) in [6.07, 6.45) is 51.7. The maximum Gasteiger partial charge on any atom is 0.338 e. The van der Waals surface area contributed by atoms with Crippen molar-refractivity contribution < 1.29 is 28.6 Å². The van der Waals surface area contributed by atoms with Crippen molar-refractivity contribution in [3.05, 3.63) is 83.5 Å². The monoisotopic (exact) mass is 848 g/mol. The number of hydrogen-bond donors (Lipinski definition) is 0. The molecule has 7 nitrogen and oxygen atoms in total. The number of ether oxygens (including phenoxy) is 3.